The van der Waals surface area contributed by atoms with Crippen LogP contribution in [0.15, 0.2) is 4.52 Å². The van der Waals surface area contributed by atoms with Crippen molar-refractivity contribution < 1.29 is 23.5 Å². The lowest BCUT2D eigenvalue weighted by atomic mass is 10.0. The van der Waals surface area contributed by atoms with Crippen molar-refractivity contribution in [3.05, 3.63) is 11.5 Å². The van der Waals surface area contributed by atoms with E-state index in [2.05, 4.69) is 20.0 Å². The second-order valence-electron chi connectivity index (χ2n) is 6.13. The highest BCUT2D eigenvalue weighted by Gasteiger charge is 2.40. The Hall–Kier alpha value is -2.26. The fourth-order valence-electron chi connectivity index (χ4n) is 3.33. The van der Waals surface area contributed by atoms with Crippen molar-refractivity contribution >= 4 is 22.9 Å². The Kier molecular flexibility index (Phi) is 4.04. The third kappa shape index (κ3) is 2.83. The van der Waals surface area contributed by atoms with Crippen LogP contribution in [-0.2, 0) is 14.2 Å². The van der Waals surface area contributed by atoms with Crippen molar-refractivity contribution in [2.24, 2.45) is 0 Å². The monoisotopic (exact) mass is 348 g/mol. The van der Waals surface area contributed by atoms with Gasteiger partial charge in [-0.05, 0) is 13.8 Å². The number of carbonyl (C=O) groups excluding carboxylic acids is 1. The Morgan fingerprint density at radius 1 is 1.24 bits per heavy atom. The molecular formula is C16H20N4O5. The lowest BCUT2D eigenvalue weighted by Crippen LogP contribution is -2.45. The number of ether oxygens (including phenoxy) is 3. The number of esters is 1. The third-order valence-electron chi connectivity index (χ3n) is 4.58. The molecule has 0 saturated carbocycles. The van der Waals surface area contributed by atoms with Crippen LogP contribution in [0.5, 0.6) is 0 Å². The highest BCUT2D eigenvalue weighted by atomic mass is 16.7. The topological polar surface area (TPSA) is 99.8 Å². The summed E-state index contributed by atoms with van der Waals surface area (Å²) in [6.45, 7) is 6.48. The first-order valence-electron chi connectivity index (χ1n) is 8.46. The van der Waals surface area contributed by atoms with Crippen LogP contribution in [0.25, 0.3) is 11.1 Å². The summed E-state index contributed by atoms with van der Waals surface area (Å²) in [6, 6.07) is 0. The fourth-order valence-corrected chi connectivity index (χ4v) is 3.33. The number of piperidine rings is 1. The molecule has 0 radical (unpaired) electrons. The van der Waals surface area contributed by atoms with Crippen molar-refractivity contribution in [2.45, 2.75) is 32.5 Å². The minimum absolute atomic E-state index is 0.0193. The van der Waals surface area contributed by atoms with Gasteiger partial charge in [-0.25, -0.2) is 9.78 Å². The number of hydrogen-bond donors (Lipinski definition) is 0. The van der Waals surface area contributed by atoms with Gasteiger partial charge in [0.2, 0.25) is 5.82 Å². The minimum atomic E-state index is -0.573. The van der Waals surface area contributed by atoms with Crippen molar-refractivity contribution in [3.8, 4) is 0 Å². The fraction of sp³-hybridized carbons (Fsp3) is 0.625. The maximum absolute atomic E-state index is 12.1. The maximum Gasteiger partial charge on any atom is 0.376 e. The molecule has 2 aromatic rings. The van der Waals surface area contributed by atoms with Gasteiger partial charge in [0.15, 0.2) is 5.79 Å². The van der Waals surface area contributed by atoms with Crippen LogP contribution in [0, 0.1) is 6.92 Å². The Morgan fingerprint density at radius 3 is 2.64 bits per heavy atom. The van der Waals surface area contributed by atoms with E-state index in [0.29, 0.717) is 43.5 Å². The van der Waals surface area contributed by atoms with E-state index >= 15 is 0 Å². The third-order valence-corrected chi connectivity index (χ3v) is 4.58. The van der Waals surface area contributed by atoms with Crippen molar-refractivity contribution in [2.75, 3.05) is 37.8 Å². The average Bonchev–Trinajstić information content (AvgIpc) is 3.23. The van der Waals surface area contributed by atoms with Crippen LogP contribution in [0.2, 0.25) is 0 Å². The summed E-state index contributed by atoms with van der Waals surface area (Å²) in [6.07, 6.45) is 1.47. The number of nitrogens with zero attached hydrogens (tertiary/aromatic N) is 4. The largest absolute Gasteiger partial charge is 0.460 e. The zero-order valence-electron chi connectivity index (χ0n) is 14.3. The van der Waals surface area contributed by atoms with E-state index in [1.807, 2.05) is 6.92 Å². The molecule has 2 fully saturated rings. The molecule has 0 bridgehead atoms. The Balaban J connectivity index is 1.68. The van der Waals surface area contributed by atoms with E-state index in [9.17, 15) is 4.79 Å². The molecule has 0 aliphatic carbocycles. The van der Waals surface area contributed by atoms with Crippen LogP contribution in [-0.4, -0.2) is 59.8 Å². The van der Waals surface area contributed by atoms with Crippen molar-refractivity contribution in [1.82, 2.24) is 15.1 Å². The van der Waals surface area contributed by atoms with Gasteiger partial charge in [0.1, 0.15) is 11.2 Å². The van der Waals surface area contributed by atoms with E-state index in [-0.39, 0.29) is 12.4 Å². The van der Waals surface area contributed by atoms with Crippen LogP contribution in [0.4, 0.5) is 5.82 Å². The van der Waals surface area contributed by atoms with Crippen LogP contribution < -0.4 is 4.90 Å². The summed E-state index contributed by atoms with van der Waals surface area (Å²) in [4.78, 5) is 22.8. The quantitative estimate of drug-likeness (QED) is 0.763. The summed E-state index contributed by atoms with van der Waals surface area (Å²) in [7, 11) is 0. The van der Waals surface area contributed by atoms with E-state index in [0.717, 1.165) is 18.2 Å². The number of aryl methyl sites for hydroxylation is 1. The number of fused-ring (bicyclic) bond motifs is 1. The van der Waals surface area contributed by atoms with Crippen LogP contribution >= 0.6 is 0 Å². The Labute approximate surface area is 144 Å². The van der Waals surface area contributed by atoms with Gasteiger partial charge < -0.3 is 23.6 Å². The second kappa shape index (κ2) is 6.23. The number of carbonyl (C=O) groups is 1. The van der Waals surface area contributed by atoms with E-state index in [1.54, 1.807) is 6.92 Å². The number of aromatic nitrogens is 3. The number of anilines is 1. The molecule has 2 saturated heterocycles. The molecule has 9 heteroatoms. The SMILES string of the molecule is CCOC(=O)c1nc(N2CCC3(CC2)OCCO3)c2c(C)noc2n1. The van der Waals surface area contributed by atoms with Gasteiger partial charge in [0.05, 0.1) is 25.5 Å². The minimum Gasteiger partial charge on any atom is -0.460 e. The van der Waals surface area contributed by atoms with Crippen LogP contribution in [0.1, 0.15) is 36.1 Å². The first-order chi connectivity index (χ1) is 12.1. The zero-order chi connectivity index (χ0) is 17.4. The molecule has 9 nitrogen and oxygen atoms in total. The number of hydrogen-bond acceptors (Lipinski definition) is 9. The zero-order valence-corrected chi connectivity index (χ0v) is 14.3. The van der Waals surface area contributed by atoms with Gasteiger partial charge in [0.25, 0.3) is 5.71 Å². The van der Waals surface area contributed by atoms with Gasteiger partial charge >= 0.3 is 5.97 Å². The normalized spacial score (nSPS) is 19.7. The molecule has 0 atom stereocenters. The van der Waals surface area contributed by atoms with Crippen LogP contribution in [0.3, 0.4) is 0 Å². The molecule has 0 unspecified atom stereocenters. The molecule has 2 aromatic heterocycles. The summed E-state index contributed by atoms with van der Waals surface area (Å²) < 4.78 is 21.8. The van der Waals surface area contributed by atoms with Gasteiger partial charge in [-0.15, -0.1) is 0 Å². The summed E-state index contributed by atoms with van der Waals surface area (Å²) >= 11 is 0. The second-order valence-corrected chi connectivity index (χ2v) is 6.13. The number of rotatable bonds is 3. The Morgan fingerprint density at radius 2 is 1.96 bits per heavy atom. The van der Waals surface area contributed by atoms with Crippen molar-refractivity contribution in [3.63, 3.8) is 0 Å². The lowest BCUT2D eigenvalue weighted by Gasteiger charge is -2.38. The molecule has 0 amide bonds. The average molecular weight is 348 g/mol. The molecule has 25 heavy (non-hydrogen) atoms. The highest BCUT2D eigenvalue weighted by molar-refractivity contribution is 5.93. The smallest absolute Gasteiger partial charge is 0.376 e. The molecule has 2 aliphatic rings. The first kappa shape index (κ1) is 16.2. The van der Waals surface area contributed by atoms with E-state index in [1.165, 1.54) is 0 Å². The van der Waals surface area contributed by atoms with E-state index < -0.39 is 11.8 Å². The van der Waals surface area contributed by atoms with Gasteiger partial charge in [-0.3, -0.25) is 0 Å². The van der Waals surface area contributed by atoms with Crippen molar-refractivity contribution in [1.29, 1.82) is 0 Å². The molecule has 4 rings (SSSR count). The standard InChI is InChI=1S/C16H20N4O5/c1-3-22-15(21)12-17-13(11-10(2)19-25-14(11)18-12)20-6-4-16(5-7-20)23-8-9-24-16/h3-9H2,1-2H3. The molecule has 134 valence electrons. The van der Waals surface area contributed by atoms with Gasteiger partial charge in [-0.2, -0.15) is 4.98 Å². The molecule has 2 aliphatic heterocycles. The Bertz CT molecular complexity index is 789. The van der Waals surface area contributed by atoms with E-state index in [4.69, 9.17) is 18.7 Å². The molecular weight excluding hydrogens is 328 g/mol. The maximum atomic E-state index is 12.1. The predicted molar refractivity (Wildman–Crippen MR) is 86.4 cm³/mol. The highest BCUT2D eigenvalue weighted by Crippen LogP contribution is 2.35. The van der Waals surface area contributed by atoms with Gasteiger partial charge in [-0.1, -0.05) is 5.16 Å². The molecule has 0 aromatic carbocycles. The van der Waals surface area contributed by atoms with Gasteiger partial charge in [0, 0.05) is 25.9 Å². The first-order valence-corrected chi connectivity index (χ1v) is 8.46. The molecule has 1 spiro atoms. The summed E-state index contributed by atoms with van der Waals surface area (Å²) in [5.74, 6) is -0.430. The summed E-state index contributed by atoms with van der Waals surface area (Å²) in [5, 5.41) is 4.68. The predicted octanol–water partition coefficient (Wildman–Crippen LogP) is 1.45. The summed E-state index contributed by atoms with van der Waals surface area (Å²) in [5.41, 5.74) is 0.980. The molecule has 0 N–H and O–H groups in total. The molecule has 4 heterocycles. The lowest BCUT2D eigenvalue weighted by molar-refractivity contribution is -0.169.